The highest BCUT2D eigenvalue weighted by atomic mass is 16.6. The van der Waals surface area contributed by atoms with Crippen molar-refractivity contribution in [2.75, 3.05) is 27.8 Å². The first-order valence-corrected chi connectivity index (χ1v) is 5.14. The third-order valence-electron chi connectivity index (χ3n) is 2.50. The highest BCUT2D eigenvalue weighted by molar-refractivity contribution is 5.38. The van der Waals surface area contributed by atoms with Gasteiger partial charge in [-0.3, -0.25) is 0 Å². The largest absolute Gasteiger partial charge is 0.496 e. The lowest BCUT2D eigenvalue weighted by molar-refractivity contribution is 0.370. The summed E-state index contributed by atoms with van der Waals surface area (Å²) in [5.41, 5.74) is 2.48. The third-order valence-corrected chi connectivity index (χ3v) is 2.50. The number of nitrogens with zero attached hydrogens (tertiary/aromatic N) is 1. The SMILES string of the molecule is COc1ccc([C@H]2CO2)cc1CN(C)C. The Bertz CT molecular complexity index is 345. The monoisotopic (exact) mass is 207 g/mol. The number of benzene rings is 1. The van der Waals surface area contributed by atoms with Crippen molar-refractivity contribution >= 4 is 0 Å². The first-order valence-electron chi connectivity index (χ1n) is 5.14. The molecule has 0 aliphatic carbocycles. The van der Waals surface area contributed by atoms with Gasteiger partial charge < -0.3 is 14.4 Å². The summed E-state index contributed by atoms with van der Waals surface area (Å²) in [7, 11) is 5.82. The fourth-order valence-corrected chi connectivity index (χ4v) is 1.70. The molecular weight excluding hydrogens is 190 g/mol. The summed E-state index contributed by atoms with van der Waals surface area (Å²) >= 11 is 0. The van der Waals surface area contributed by atoms with Gasteiger partial charge in [-0.1, -0.05) is 6.07 Å². The number of hydrogen-bond acceptors (Lipinski definition) is 3. The van der Waals surface area contributed by atoms with E-state index >= 15 is 0 Å². The molecule has 0 bridgehead atoms. The van der Waals surface area contributed by atoms with Gasteiger partial charge in [0.15, 0.2) is 0 Å². The van der Waals surface area contributed by atoms with Crippen molar-refractivity contribution in [3.05, 3.63) is 29.3 Å². The first kappa shape index (κ1) is 10.5. The zero-order valence-electron chi connectivity index (χ0n) is 9.49. The maximum atomic E-state index is 5.33. The smallest absolute Gasteiger partial charge is 0.123 e. The van der Waals surface area contributed by atoms with Crippen molar-refractivity contribution in [1.29, 1.82) is 0 Å². The molecule has 0 spiro atoms. The summed E-state index contributed by atoms with van der Waals surface area (Å²) in [6.45, 7) is 1.75. The van der Waals surface area contributed by atoms with E-state index in [0.717, 1.165) is 18.9 Å². The number of methoxy groups -OCH3 is 1. The molecule has 1 heterocycles. The Morgan fingerprint density at radius 1 is 1.47 bits per heavy atom. The molecule has 0 N–H and O–H groups in total. The molecule has 1 aliphatic rings. The normalized spacial score (nSPS) is 19.3. The van der Waals surface area contributed by atoms with Gasteiger partial charge in [0.25, 0.3) is 0 Å². The first-order chi connectivity index (χ1) is 7.20. The second-order valence-electron chi connectivity index (χ2n) is 4.13. The van der Waals surface area contributed by atoms with Crippen LogP contribution in [0.5, 0.6) is 5.75 Å². The van der Waals surface area contributed by atoms with E-state index in [1.807, 2.05) is 6.07 Å². The van der Waals surface area contributed by atoms with Crippen molar-refractivity contribution in [3.8, 4) is 5.75 Å². The Balaban J connectivity index is 2.25. The Hall–Kier alpha value is -1.06. The molecule has 1 aromatic rings. The quantitative estimate of drug-likeness (QED) is 0.704. The van der Waals surface area contributed by atoms with Gasteiger partial charge in [0, 0.05) is 12.1 Å². The second kappa shape index (κ2) is 4.21. The van der Waals surface area contributed by atoms with Gasteiger partial charge in [-0.05, 0) is 31.8 Å². The average molecular weight is 207 g/mol. The number of hydrogen-bond donors (Lipinski definition) is 0. The van der Waals surface area contributed by atoms with Gasteiger partial charge in [0.1, 0.15) is 11.9 Å². The minimum atomic E-state index is 0.316. The third kappa shape index (κ3) is 2.49. The fraction of sp³-hybridized carbons (Fsp3) is 0.500. The predicted molar refractivity (Wildman–Crippen MR) is 59.1 cm³/mol. The van der Waals surface area contributed by atoms with Crippen LogP contribution < -0.4 is 4.74 Å². The lowest BCUT2D eigenvalue weighted by Crippen LogP contribution is -2.11. The van der Waals surface area contributed by atoms with Crippen molar-refractivity contribution in [3.63, 3.8) is 0 Å². The number of epoxide rings is 1. The average Bonchev–Trinajstić information content (AvgIpc) is 3.00. The van der Waals surface area contributed by atoms with Crippen LogP contribution in [0.4, 0.5) is 0 Å². The van der Waals surface area contributed by atoms with E-state index in [2.05, 4.69) is 31.1 Å². The van der Waals surface area contributed by atoms with Crippen LogP contribution >= 0.6 is 0 Å². The van der Waals surface area contributed by atoms with Crippen molar-refractivity contribution in [2.24, 2.45) is 0 Å². The zero-order valence-corrected chi connectivity index (χ0v) is 9.49. The molecule has 0 unspecified atom stereocenters. The summed E-state index contributed by atoms with van der Waals surface area (Å²) in [5, 5.41) is 0. The van der Waals surface area contributed by atoms with Crippen molar-refractivity contribution in [2.45, 2.75) is 12.6 Å². The predicted octanol–water partition coefficient (Wildman–Crippen LogP) is 1.83. The van der Waals surface area contributed by atoms with Crippen LogP contribution in [0, 0.1) is 0 Å². The molecule has 2 rings (SSSR count). The van der Waals surface area contributed by atoms with Crippen LogP contribution in [0.3, 0.4) is 0 Å². The van der Waals surface area contributed by atoms with Crippen molar-refractivity contribution < 1.29 is 9.47 Å². The minimum absolute atomic E-state index is 0.316. The van der Waals surface area contributed by atoms with E-state index in [9.17, 15) is 0 Å². The molecule has 3 heteroatoms. The van der Waals surface area contributed by atoms with Gasteiger partial charge in [-0.25, -0.2) is 0 Å². The molecule has 1 aliphatic heterocycles. The molecule has 0 saturated carbocycles. The summed E-state index contributed by atoms with van der Waals surface area (Å²) in [5.74, 6) is 0.952. The van der Waals surface area contributed by atoms with Gasteiger partial charge >= 0.3 is 0 Å². The van der Waals surface area contributed by atoms with Gasteiger partial charge in [0.05, 0.1) is 13.7 Å². The number of rotatable bonds is 4. The fourth-order valence-electron chi connectivity index (χ4n) is 1.70. The summed E-state index contributed by atoms with van der Waals surface area (Å²) < 4.78 is 10.6. The molecule has 1 atom stereocenters. The van der Waals surface area contributed by atoms with E-state index in [4.69, 9.17) is 9.47 Å². The van der Waals surface area contributed by atoms with E-state index in [-0.39, 0.29) is 0 Å². The van der Waals surface area contributed by atoms with Crippen LogP contribution in [-0.2, 0) is 11.3 Å². The lowest BCUT2D eigenvalue weighted by Gasteiger charge is -2.14. The lowest BCUT2D eigenvalue weighted by atomic mass is 10.1. The van der Waals surface area contributed by atoms with Crippen LogP contribution in [0.1, 0.15) is 17.2 Å². The van der Waals surface area contributed by atoms with Crippen LogP contribution in [0.15, 0.2) is 18.2 Å². The Morgan fingerprint density at radius 2 is 2.20 bits per heavy atom. The highest BCUT2D eigenvalue weighted by Gasteiger charge is 2.25. The molecule has 0 aromatic heterocycles. The second-order valence-corrected chi connectivity index (χ2v) is 4.13. The summed E-state index contributed by atoms with van der Waals surface area (Å²) in [6.07, 6.45) is 0.316. The van der Waals surface area contributed by atoms with Crippen LogP contribution in [-0.4, -0.2) is 32.7 Å². The Kier molecular flexibility index (Phi) is 2.93. The minimum Gasteiger partial charge on any atom is -0.496 e. The highest BCUT2D eigenvalue weighted by Crippen LogP contribution is 2.32. The van der Waals surface area contributed by atoms with Gasteiger partial charge in [0.2, 0.25) is 0 Å². The Labute approximate surface area is 90.6 Å². The molecule has 0 radical (unpaired) electrons. The molecule has 0 amide bonds. The summed E-state index contributed by atoms with van der Waals surface area (Å²) in [6, 6.07) is 6.28. The van der Waals surface area contributed by atoms with E-state index in [1.54, 1.807) is 7.11 Å². The van der Waals surface area contributed by atoms with Crippen molar-refractivity contribution in [1.82, 2.24) is 4.90 Å². The summed E-state index contributed by atoms with van der Waals surface area (Å²) in [4.78, 5) is 2.13. The van der Waals surface area contributed by atoms with E-state index < -0.39 is 0 Å². The molecule has 1 aromatic carbocycles. The molecule has 3 nitrogen and oxygen atoms in total. The molecule has 15 heavy (non-hydrogen) atoms. The number of ether oxygens (including phenoxy) is 2. The Morgan fingerprint density at radius 3 is 2.73 bits per heavy atom. The topological polar surface area (TPSA) is 25.0 Å². The zero-order chi connectivity index (χ0) is 10.8. The van der Waals surface area contributed by atoms with E-state index in [0.29, 0.717) is 6.10 Å². The molecule has 1 saturated heterocycles. The van der Waals surface area contributed by atoms with E-state index in [1.165, 1.54) is 11.1 Å². The molecule has 82 valence electrons. The maximum Gasteiger partial charge on any atom is 0.123 e. The standard InChI is InChI=1S/C12H17NO2/c1-13(2)7-10-6-9(12-8-15-12)4-5-11(10)14-3/h4-6,12H,7-8H2,1-3H3/t12-/m1/s1. The van der Waals surface area contributed by atoms with Gasteiger partial charge in [-0.2, -0.15) is 0 Å². The van der Waals surface area contributed by atoms with Crippen LogP contribution in [0.25, 0.3) is 0 Å². The molecular formula is C12H17NO2. The molecule has 1 fully saturated rings. The maximum absolute atomic E-state index is 5.33. The van der Waals surface area contributed by atoms with Crippen LogP contribution in [0.2, 0.25) is 0 Å². The van der Waals surface area contributed by atoms with Gasteiger partial charge in [-0.15, -0.1) is 0 Å².